The first-order valence-corrected chi connectivity index (χ1v) is 10.3. The van der Waals surface area contributed by atoms with Crippen LogP contribution in [0.5, 0.6) is 0 Å². The zero-order chi connectivity index (χ0) is 17.6. The standard InChI is InChI=1S/C21H26OS2/c1-5-23-20(22)19(16-9-7-6-8-10-16)15-24-18-13-11-17(12-14-18)21(2,3)4/h6-14,19H,5,15H2,1-4H3/t19-/m0/s1. The lowest BCUT2D eigenvalue weighted by Crippen LogP contribution is -2.12. The molecule has 0 aromatic heterocycles. The average Bonchev–Trinajstić information content (AvgIpc) is 2.56. The number of benzene rings is 2. The molecule has 0 aliphatic carbocycles. The molecule has 0 unspecified atom stereocenters. The molecule has 24 heavy (non-hydrogen) atoms. The molecular formula is C21H26OS2. The third kappa shape index (κ3) is 5.42. The van der Waals surface area contributed by atoms with Crippen LogP contribution in [0.15, 0.2) is 59.5 Å². The molecule has 0 radical (unpaired) electrons. The summed E-state index contributed by atoms with van der Waals surface area (Å²) in [5.41, 5.74) is 2.62. The largest absolute Gasteiger partial charge is 0.286 e. The minimum absolute atomic E-state index is 0.0524. The minimum Gasteiger partial charge on any atom is -0.286 e. The molecule has 0 bridgehead atoms. The second kappa shape index (κ2) is 8.77. The van der Waals surface area contributed by atoms with Gasteiger partial charge in [0.15, 0.2) is 5.12 Å². The molecule has 128 valence electrons. The topological polar surface area (TPSA) is 17.1 Å². The molecule has 0 amide bonds. The summed E-state index contributed by atoms with van der Waals surface area (Å²) >= 11 is 3.19. The van der Waals surface area contributed by atoms with Gasteiger partial charge in [-0.25, -0.2) is 0 Å². The van der Waals surface area contributed by atoms with Gasteiger partial charge in [-0.15, -0.1) is 11.8 Å². The predicted octanol–water partition coefficient (Wildman–Crippen LogP) is 6.14. The highest BCUT2D eigenvalue weighted by Gasteiger charge is 2.21. The third-order valence-electron chi connectivity index (χ3n) is 3.91. The van der Waals surface area contributed by atoms with Crippen LogP contribution in [0.25, 0.3) is 0 Å². The monoisotopic (exact) mass is 358 g/mol. The Bertz CT molecular complexity index is 642. The number of rotatable bonds is 6. The van der Waals surface area contributed by atoms with Crippen molar-refractivity contribution in [1.82, 2.24) is 0 Å². The number of hydrogen-bond donors (Lipinski definition) is 0. The first-order valence-electron chi connectivity index (χ1n) is 8.36. The maximum Gasteiger partial charge on any atom is 0.197 e. The molecule has 0 spiro atoms. The van der Waals surface area contributed by atoms with E-state index < -0.39 is 0 Å². The Labute approximate surface area is 154 Å². The fraction of sp³-hybridized carbons (Fsp3) is 0.381. The van der Waals surface area contributed by atoms with E-state index in [9.17, 15) is 4.79 Å². The molecule has 2 aromatic carbocycles. The fourth-order valence-electron chi connectivity index (χ4n) is 2.46. The minimum atomic E-state index is -0.0524. The van der Waals surface area contributed by atoms with Crippen LogP contribution in [0, 0.1) is 0 Å². The van der Waals surface area contributed by atoms with Gasteiger partial charge < -0.3 is 0 Å². The van der Waals surface area contributed by atoms with Crippen LogP contribution in [-0.4, -0.2) is 16.6 Å². The average molecular weight is 359 g/mol. The summed E-state index contributed by atoms with van der Waals surface area (Å²) in [6.07, 6.45) is 0. The van der Waals surface area contributed by atoms with Crippen molar-refractivity contribution in [2.45, 2.75) is 43.9 Å². The Morgan fingerprint density at radius 2 is 1.62 bits per heavy atom. The molecule has 0 N–H and O–H groups in total. The molecule has 3 heteroatoms. The van der Waals surface area contributed by atoms with Crippen molar-refractivity contribution in [3.63, 3.8) is 0 Å². The van der Waals surface area contributed by atoms with Gasteiger partial charge in [0.05, 0.1) is 5.92 Å². The summed E-state index contributed by atoms with van der Waals surface area (Å²) in [5, 5.41) is 0.266. The van der Waals surface area contributed by atoms with E-state index in [0.717, 1.165) is 17.1 Å². The van der Waals surface area contributed by atoms with E-state index in [1.54, 1.807) is 11.8 Å². The summed E-state index contributed by atoms with van der Waals surface area (Å²) in [5.74, 6) is 1.56. The Morgan fingerprint density at radius 3 is 2.17 bits per heavy atom. The van der Waals surface area contributed by atoms with E-state index in [0.29, 0.717) is 0 Å². The number of thioether (sulfide) groups is 2. The zero-order valence-corrected chi connectivity index (χ0v) is 16.5. The lowest BCUT2D eigenvalue weighted by atomic mass is 9.87. The molecule has 0 aliphatic heterocycles. The lowest BCUT2D eigenvalue weighted by molar-refractivity contribution is -0.111. The molecule has 0 saturated carbocycles. The molecule has 1 nitrogen and oxygen atoms in total. The van der Waals surface area contributed by atoms with E-state index in [-0.39, 0.29) is 16.4 Å². The van der Waals surface area contributed by atoms with Crippen LogP contribution in [0.3, 0.4) is 0 Å². The van der Waals surface area contributed by atoms with E-state index >= 15 is 0 Å². The number of carbonyl (C=O) groups is 1. The van der Waals surface area contributed by atoms with Gasteiger partial charge in [0.2, 0.25) is 0 Å². The fourth-order valence-corrected chi connectivity index (χ4v) is 4.30. The predicted molar refractivity (Wildman–Crippen MR) is 108 cm³/mol. The van der Waals surface area contributed by atoms with Crippen LogP contribution >= 0.6 is 23.5 Å². The number of carbonyl (C=O) groups excluding carboxylic acids is 1. The van der Waals surface area contributed by atoms with Crippen molar-refractivity contribution in [2.24, 2.45) is 0 Å². The maximum atomic E-state index is 12.5. The molecule has 1 atom stereocenters. The van der Waals surface area contributed by atoms with Crippen molar-refractivity contribution in [3.05, 3.63) is 65.7 Å². The first-order chi connectivity index (χ1) is 11.4. The molecule has 0 heterocycles. The highest BCUT2D eigenvalue weighted by Crippen LogP contribution is 2.31. The second-order valence-corrected chi connectivity index (χ2v) is 9.16. The number of hydrogen-bond acceptors (Lipinski definition) is 3. The molecule has 2 aromatic rings. The van der Waals surface area contributed by atoms with Gasteiger partial charge in [-0.2, -0.15) is 0 Å². The summed E-state index contributed by atoms with van der Waals surface area (Å²) in [4.78, 5) is 13.7. The lowest BCUT2D eigenvalue weighted by Gasteiger charge is -2.19. The van der Waals surface area contributed by atoms with Crippen molar-refractivity contribution >= 4 is 28.6 Å². The summed E-state index contributed by atoms with van der Waals surface area (Å²) in [6.45, 7) is 8.70. The Balaban J connectivity index is 2.09. The van der Waals surface area contributed by atoms with E-state index in [1.165, 1.54) is 22.2 Å². The van der Waals surface area contributed by atoms with Crippen molar-refractivity contribution < 1.29 is 4.79 Å². The normalized spacial score (nSPS) is 12.8. The highest BCUT2D eigenvalue weighted by molar-refractivity contribution is 8.13. The van der Waals surface area contributed by atoms with E-state index in [1.807, 2.05) is 25.1 Å². The zero-order valence-electron chi connectivity index (χ0n) is 14.9. The van der Waals surface area contributed by atoms with Gasteiger partial charge in [-0.05, 0) is 34.4 Å². The highest BCUT2D eigenvalue weighted by atomic mass is 32.2. The quantitative estimate of drug-likeness (QED) is 0.577. The van der Waals surface area contributed by atoms with Gasteiger partial charge in [0.25, 0.3) is 0 Å². The molecule has 0 fully saturated rings. The maximum absolute atomic E-state index is 12.5. The van der Waals surface area contributed by atoms with Crippen molar-refractivity contribution in [2.75, 3.05) is 11.5 Å². The van der Waals surface area contributed by atoms with Gasteiger partial charge in [-0.3, -0.25) is 4.79 Å². The van der Waals surface area contributed by atoms with Gasteiger partial charge in [0, 0.05) is 10.6 Å². The Morgan fingerprint density at radius 1 is 1.00 bits per heavy atom. The smallest absolute Gasteiger partial charge is 0.197 e. The molecule has 2 rings (SSSR count). The molecular weight excluding hydrogens is 332 g/mol. The summed E-state index contributed by atoms with van der Waals surface area (Å²) in [6, 6.07) is 18.9. The van der Waals surface area contributed by atoms with Crippen molar-refractivity contribution in [3.8, 4) is 0 Å². The third-order valence-corrected chi connectivity index (χ3v) is 5.87. The molecule has 0 saturated heterocycles. The van der Waals surface area contributed by atoms with Crippen LogP contribution in [-0.2, 0) is 10.2 Å². The van der Waals surface area contributed by atoms with Crippen LogP contribution in [0.2, 0.25) is 0 Å². The second-order valence-electron chi connectivity index (χ2n) is 6.80. The first kappa shape index (κ1) is 19.1. The summed E-state index contributed by atoms with van der Waals surface area (Å²) < 4.78 is 0. The SMILES string of the molecule is CCSC(=O)[C@@H](CSc1ccc(C(C)(C)C)cc1)c1ccccc1. The van der Waals surface area contributed by atoms with Crippen LogP contribution in [0.4, 0.5) is 0 Å². The molecule has 0 aliphatic rings. The van der Waals surface area contributed by atoms with Gasteiger partial charge in [-0.1, -0.05) is 81.9 Å². The van der Waals surface area contributed by atoms with Crippen molar-refractivity contribution in [1.29, 1.82) is 0 Å². The summed E-state index contributed by atoms with van der Waals surface area (Å²) in [7, 11) is 0. The van der Waals surface area contributed by atoms with Crippen LogP contribution in [0.1, 0.15) is 44.7 Å². The Kier molecular flexibility index (Phi) is 7.00. The van der Waals surface area contributed by atoms with Crippen LogP contribution < -0.4 is 0 Å². The van der Waals surface area contributed by atoms with E-state index in [2.05, 4.69) is 57.2 Å². The van der Waals surface area contributed by atoms with E-state index in [4.69, 9.17) is 0 Å². The Hall–Kier alpha value is -1.19. The van der Waals surface area contributed by atoms with Gasteiger partial charge in [0.1, 0.15) is 0 Å². The van der Waals surface area contributed by atoms with Gasteiger partial charge >= 0.3 is 0 Å².